The van der Waals surface area contributed by atoms with Crippen LogP contribution in [-0.2, 0) is 16.8 Å². The van der Waals surface area contributed by atoms with E-state index in [1.807, 2.05) is 30.0 Å². The molecule has 1 saturated carbocycles. The molecule has 2 aromatic carbocycles. The number of carboxylic acid groups (broad SMARTS) is 1. The van der Waals surface area contributed by atoms with Crippen molar-refractivity contribution in [3.8, 4) is 11.5 Å². The second kappa shape index (κ2) is 8.01. The standard InChI is InChI=1S/C24H27NO5/c1-3-30-18-9-10-20-19(14-18)24(11-5-4-6-12-24)23(28)25(20)15-17-8-7-16(22(26)27)13-21(17)29-2/h7-10,13-14H,3-6,11-12,15H2,1-2H3,(H,26,27). The van der Waals surface area contributed by atoms with Crippen molar-refractivity contribution in [2.45, 2.75) is 51.0 Å². The maximum atomic E-state index is 13.7. The summed E-state index contributed by atoms with van der Waals surface area (Å²) in [5.41, 5.74) is 2.42. The van der Waals surface area contributed by atoms with Crippen LogP contribution in [0.25, 0.3) is 0 Å². The molecule has 0 radical (unpaired) electrons. The number of methoxy groups -OCH3 is 1. The average molecular weight is 409 g/mol. The van der Waals surface area contributed by atoms with Crippen LogP contribution in [0.3, 0.4) is 0 Å². The first kappa shape index (κ1) is 20.3. The highest BCUT2D eigenvalue weighted by Crippen LogP contribution is 2.51. The lowest BCUT2D eigenvalue weighted by molar-refractivity contribution is -0.124. The summed E-state index contributed by atoms with van der Waals surface area (Å²) in [6, 6.07) is 10.7. The summed E-state index contributed by atoms with van der Waals surface area (Å²) in [7, 11) is 1.52. The van der Waals surface area contributed by atoms with Gasteiger partial charge >= 0.3 is 5.97 Å². The summed E-state index contributed by atoms with van der Waals surface area (Å²) in [5, 5.41) is 9.26. The molecule has 1 amide bonds. The van der Waals surface area contributed by atoms with E-state index in [0.717, 1.165) is 54.7 Å². The molecule has 1 heterocycles. The van der Waals surface area contributed by atoms with E-state index in [2.05, 4.69) is 0 Å². The van der Waals surface area contributed by atoms with Gasteiger partial charge in [-0.2, -0.15) is 0 Å². The lowest BCUT2D eigenvalue weighted by atomic mass is 9.70. The predicted molar refractivity (Wildman–Crippen MR) is 114 cm³/mol. The summed E-state index contributed by atoms with van der Waals surface area (Å²) < 4.78 is 11.2. The summed E-state index contributed by atoms with van der Waals surface area (Å²) in [6.45, 7) is 2.87. The van der Waals surface area contributed by atoms with Crippen molar-refractivity contribution in [1.29, 1.82) is 0 Å². The quantitative estimate of drug-likeness (QED) is 0.758. The van der Waals surface area contributed by atoms with E-state index >= 15 is 0 Å². The second-order valence-electron chi connectivity index (χ2n) is 7.98. The van der Waals surface area contributed by atoms with Crippen LogP contribution in [0.5, 0.6) is 11.5 Å². The van der Waals surface area contributed by atoms with Crippen molar-refractivity contribution in [3.63, 3.8) is 0 Å². The number of carboxylic acids is 1. The van der Waals surface area contributed by atoms with Crippen molar-refractivity contribution in [1.82, 2.24) is 0 Å². The summed E-state index contributed by atoms with van der Waals surface area (Å²) >= 11 is 0. The molecule has 6 heteroatoms. The molecule has 1 aliphatic heterocycles. The Bertz CT molecular complexity index is 978. The van der Waals surface area contributed by atoms with Gasteiger partial charge in [-0.15, -0.1) is 0 Å². The Morgan fingerprint density at radius 2 is 1.90 bits per heavy atom. The zero-order valence-electron chi connectivity index (χ0n) is 17.4. The molecule has 158 valence electrons. The van der Waals surface area contributed by atoms with Crippen LogP contribution in [0.2, 0.25) is 0 Å². The van der Waals surface area contributed by atoms with Gasteiger partial charge in [-0.25, -0.2) is 4.79 Å². The van der Waals surface area contributed by atoms with Gasteiger partial charge in [0.15, 0.2) is 0 Å². The lowest BCUT2D eigenvalue weighted by Crippen LogP contribution is -2.41. The largest absolute Gasteiger partial charge is 0.496 e. The van der Waals surface area contributed by atoms with Crippen molar-refractivity contribution in [3.05, 3.63) is 53.1 Å². The molecule has 1 spiro atoms. The van der Waals surface area contributed by atoms with Crippen LogP contribution >= 0.6 is 0 Å². The zero-order valence-corrected chi connectivity index (χ0v) is 17.4. The van der Waals surface area contributed by atoms with Crippen LogP contribution in [0.1, 0.15) is 60.5 Å². The Morgan fingerprint density at radius 3 is 2.57 bits per heavy atom. The minimum Gasteiger partial charge on any atom is -0.496 e. The van der Waals surface area contributed by atoms with E-state index in [0.29, 0.717) is 18.9 Å². The fourth-order valence-electron chi connectivity index (χ4n) is 4.85. The molecule has 1 aliphatic carbocycles. The topological polar surface area (TPSA) is 76.1 Å². The maximum Gasteiger partial charge on any atom is 0.335 e. The van der Waals surface area contributed by atoms with Gasteiger partial charge in [0, 0.05) is 11.3 Å². The van der Waals surface area contributed by atoms with Crippen molar-refractivity contribution in [2.75, 3.05) is 18.6 Å². The van der Waals surface area contributed by atoms with Crippen LogP contribution in [0.15, 0.2) is 36.4 Å². The Morgan fingerprint density at radius 1 is 1.13 bits per heavy atom. The Balaban J connectivity index is 1.75. The number of benzene rings is 2. The summed E-state index contributed by atoms with van der Waals surface area (Å²) in [5.74, 6) is 0.376. The van der Waals surface area contributed by atoms with Gasteiger partial charge in [0.05, 0.1) is 31.2 Å². The number of nitrogens with zero attached hydrogens (tertiary/aromatic N) is 1. The number of anilines is 1. The third-order valence-electron chi connectivity index (χ3n) is 6.31. The number of fused-ring (bicyclic) bond motifs is 2. The number of hydrogen-bond donors (Lipinski definition) is 1. The van der Waals surface area contributed by atoms with Crippen LogP contribution < -0.4 is 14.4 Å². The third kappa shape index (κ3) is 3.30. The average Bonchev–Trinajstić information content (AvgIpc) is 2.97. The monoisotopic (exact) mass is 409 g/mol. The number of amides is 1. The Kier molecular flexibility index (Phi) is 5.41. The SMILES string of the molecule is CCOc1ccc2c(c1)C1(CCCCC1)C(=O)N2Cc1ccc(C(=O)O)cc1OC. The van der Waals surface area contributed by atoms with Gasteiger partial charge in [-0.1, -0.05) is 25.3 Å². The minimum atomic E-state index is -1.01. The van der Waals surface area contributed by atoms with Gasteiger partial charge in [0.2, 0.25) is 5.91 Å². The van der Waals surface area contributed by atoms with Gasteiger partial charge in [0.25, 0.3) is 0 Å². The van der Waals surface area contributed by atoms with Gasteiger partial charge in [-0.3, -0.25) is 4.79 Å². The van der Waals surface area contributed by atoms with E-state index in [4.69, 9.17) is 9.47 Å². The van der Waals surface area contributed by atoms with Gasteiger partial charge < -0.3 is 19.5 Å². The first-order chi connectivity index (χ1) is 14.5. The van der Waals surface area contributed by atoms with E-state index in [-0.39, 0.29) is 11.5 Å². The molecule has 30 heavy (non-hydrogen) atoms. The molecule has 0 aromatic heterocycles. The molecule has 2 aromatic rings. The maximum absolute atomic E-state index is 13.7. The summed E-state index contributed by atoms with van der Waals surface area (Å²) in [4.78, 5) is 26.9. The molecule has 0 unspecified atom stereocenters. The molecule has 1 fully saturated rings. The third-order valence-corrected chi connectivity index (χ3v) is 6.31. The zero-order chi connectivity index (χ0) is 21.3. The van der Waals surface area contributed by atoms with Gasteiger partial charge in [0.1, 0.15) is 11.5 Å². The van der Waals surface area contributed by atoms with E-state index in [9.17, 15) is 14.7 Å². The second-order valence-corrected chi connectivity index (χ2v) is 7.98. The van der Waals surface area contributed by atoms with E-state index in [1.54, 1.807) is 12.1 Å². The molecule has 0 atom stereocenters. The highest BCUT2D eigenvalue weighted by Gasteiger charge is 2.51. The van der Waals surface area contributed by atoms with Crippen molar-refractivity contribution in [2.24, 2.45) is 0 Å². The molecule has 2 aliphatic rings. The number of aromatic carboxylic acids is 1. The van der Waals surface area contributed by atoms with E-state index < -0.39 is 11.4 Å². The first-order valence-electron chi connectivity index (χ1n) is 10.5. The molecule has 4 rings (SSSR count). The van der Waals surface area contributed by atoms with Crippen molar-refractivity contribution < 1.29 is 24.2 Å². The van der Waals surface area contributed by atoms with Crippen LogP contribution in [0.4, 0.5) is 5.69 Å². The highest BCUT2D eigenvalue weighted by atomic mass is 16.5. The molecule has 6 nitrogen and oxygen atoms in total. The fourth-order valence-corrected chi connectivity index (χ4v) is 4.85. The lowest BCUT2D eigenvalue weighted by Gasteiger charge is -2.32. The van der Waals surface area contributed by atoms with Gasteiger partial charge in [-0.05, 0) is 55.7 Å². The Labute approximate surface area is 176 Å². The molecule has 1 N–H and O–H groups in total. The minimum absolute atomic E-state index is 0.121. The molecular formula is C24H27NO5. The summed E-state index contributed by atoms with van der Waals surface area (Å²) in [6.07, 6.45) is 4.92. The molecule has 0 bridgehead atoms. The normalized spacial score (nSPS) is 17.1. The Hall–Kier alpha value is -3.02. The fraction of sp³-hybridized carbons (Fsp3) is 0.417. The highest BCUT2D eigenvalue weighted by molar-refractivity contribution is 6.08. The number of ether oxygens (including phenoxy) is 2. The van der Waals surface area contributed by atoms with Crippen LogP contribution in [-0.4, -0.2) is 30.7 Å². The number of rotatable bonds is 6. The van der Waals surface area contributed by atoms with Crippen molar-refractivity contribution >= 4 is 17.6 Å². The smallest absolute Gasteiger partial charge is 0.335 e. The predicted octanol–water partition coefficient (Wildman–Crippen LogP) is 4.54. The van der Waals surface area contributed by atoms with E-state index in [1.165, 1.54) is 13.2 Å². The first-order valence-corrected chi connectivity index (χ1v) is 10.5. The molecule has 0 saturated heterocycles. The molecular weight excluding hydrogens is 382 g/mol. The number of carbonyl (C=O) groups is 2. The number of hydrogen-bond acceptors (Lipinski definition) is 4. The number of carbonyl (C=O) groups excluding carboxylic acids is 1. The van der Waals surface area contributed by atoms with Crippen LogP contribution in [0, 0.1) is 0 Å².